The highest BCUT2D eigenvalue weighted by atomic mass is 16.5. The second kappa shape index (κ2) is 8.43. The van der Waals surface area contributed by atoms with Gasteiger partial charge in [-0.2, -0.15) is 0 Å². The first-order valence-electron chi connectivity index (χ1n) is 8.95. The third-order valence-electron chi connectivity index (χ3n) is 4.27. The first kappa shape index (κ1) is 19.2. The van der Waals surface area contributed by atoms with E-state index in [0.29, 0.717) is 29.4 Å². The summed E-state index contributed by atoms with van der Waals surface area (Å²) in [7, 11) is 1.53. The summed E-state index contributed by atoms with van der Waals surface area (Å²) in [5, 5.41) is 3.11. The van der Waals surface area contributed by atoms with Crippen molar-refractivity contribution in [3.63, 3.8) is 0 Å². The number of carbonyl (C=O) groups is 2. The zero-order valence-corrected chi connectivity index (χ0v) is 15.9. The number of ether oxygens (including phenoxy) is 2. The van der Waals surface area contributed by atoms with Gasteiger partial charge in [0, 0.05) is 23.9 Å². The minimum absolute atomic E-state index is 0.125. The van der Waals surface area contributed by atoms with Crippen molar-refractivity contribution in [2.75, 3.05) is 25.6 Å². The Morgan fingerprint density at radius 1 is 1.11 bits per heavy atom. The molecule has 0 saturated carbocycles. The van der Waals surface area contributed by atoms with Gasteiger partial charge in [0.15, 0.2) is 0 Å². The second-order valence-electron chi connectivity index (χ2n) is 6.05. The fourth-order valence-corrected chi connectivity index (χ4v) is 3.06. The van der Waals surface area contributed by atoms with E-state index in [0.717, 1.165) is 4.90 Å². The van der Waals surface area contributed by atoms with Crippen LogP contribution in [0, 0.1) is 0 Å². The molecule has 0 aliphatic carbocycles. The predicted octanol–water partition coefficient (Wildman–Crippen LogP) is 3.47. The smallest absolute Gasteiger partial charge is 0.278 e. The van der Waals surface area contributed by atoms with Crippen molar-refractivity contribution in [1.29, 1.82) is 0 Å². The third-order valence-corrected chi connectivity index (χ3v) is 4.27. The molecule has 2 aromatic carbocycles. The molecule has 1 N–H and O–H groups in total. The molecule has 0 saturated heterocycles. The number of imide groups is 1. The predicted molar refractivity (Wildman–Crippen MR) is 108 cm³/mol. The molecule has 0 spiro atoms. The summed E-state index contributed by atoms with van der Waals surface area (Å²) in [6.07, 6.45) is 1.52. The van der Waals surface area contributed by atoms with Gasteiger partial charge in [-0.1, -0.05) is 30.3 Å². The molecule has 6 nitrogen and oxygen atoms in total. The normalized spacial score (nSPS) is 13.7. The lowest BCUT2D eigenvalue weighted by Gasteiger charge is -2.13. The summed E-state index contributed by atoms with van der Waals surface area (Å²) < 4.78 is 10.9. The summed E-state index contributed by atoms with van der Waals surface area (Å²) in [5.74, 6) is 0.388. The van der Waals surface area contributed by atoms with Crippen LogP contribution in [0.3, 0.4) is 0 Å². The van der Waals surface area contributed by atoms with Crippen LogP contribution < -0.4 is 14.8 Å². The van der Waals surface area contributed by atoms with E-state index in [9.17, 15) is 9.59 Å². The number of amides is 2. The van der Waals surface area contributed by atoms with Gasteiger partial charge < -0.3 is 14.8 Å². The van der Waals surface area contributed by atoms with Crippen LogP contribution in [0.2, 0.25) is 0 Å². The highest BCUT2D eigenvalue weighted by molar-refractivity contribution is 6.37. The van der Waals surface area contributed by atoms with Crippen LogP contribution in [0.5, 0.6) is 11.5 Å². The van der Waals surface area contributed by atoms with Gasteiger partial charge >= 0.3 is 0 Å². The number of methoxy groups -OCH3 is 1. The van der Waals surface area contributed by atoms with E-state index < -0.39 is 11.8 Å². The quantitative estimate of drug-likeness (QED) is 0.563. The standard InChI is InChI=1S/C22H22N2O4/c1-4-13-24-21(25)19(17-11-6-7-12-18(17)27-3)20(22(24)26)23-15-9-8-10-16(14-15)28-5-2/h4,6-12,14,23H,1,5,13H2,2-3H3. The fourth-order valence-electron chi connectivity index (χ4n) is 3.06. The Labute approximate surface area is 164 Å². The molecule has 0 bridgehead atoms. The largest absolute Gasteiger partial charge is 0.496 e. The molecule has 1 aliphatic rings. The van der Waals surface area contributed by atoms with Crippen LogP contribution in [0.15, 0.2) is 66.9 Å². The number of hydrogen-bond donors (Lipinski definition) is 1. The van der Waals surface area contributed by atoms with E-state index in [1.165, 1.54) is 13.2 Å². The zero-order chi connectivity index (χ0) is 20.1. The fraction of sp³-hybridized carbons (Fsp3) is 0.182. The Kier molecular flexibility index (Phi) is 5.79. The molecule has 3 rings (SSSR count). The first-order valence-corrected chi connectivity index (χ1v) is 8.95. The number of anilines is 1. The lowest BCUT2D eigenvalue weighted by molar-refractivity contribution is -0.136. The highest BCUT2D eigenvalue weighted by Gasteiger charge is 2.39. The van der Waals surface area contributed by atoms with Gasteiger partial charge in [0.2, 0.25) is 0 Å². The van der Waals surface area contributed by atoms with Crippen molar-refractivity contribution in [1.82, 2.24) is 4.90 Å². The maximum Gasteiger partial charge on any atom is 0.278 e. The number of carbonyl (C=O) groups excluding carboxylic acids is 2. The Morgan fingerprint density at radius 3 is 2.61 bits per heavy atom. The van der Waals surface area contributed by atoms with Crippen molar-refractivity contribution in [2.45, 2.75) is 6.92 Å². The van der Waals surface area contributed by atoms with E-state index in [4.69, 9.17) is 9.47 Å². The van der Waals surface area contributed by atoms with Gasteiger partial charge in [-0.05, 0) is 25.1 Å². The molecule has 0 radical (unpaired) electrons. The molecule has 6 heteroatoms. The summed E-state index contributed by atoms with van der Waals surface area (Å²) in [4.78, 5) is 27.1. The Hall–Kier alpha value is -3.54. The Bertz CT molecular complexity index is 949. The number of para-hydroxylation sites is 1. The maximum atomic E-state index is 13.0. The van der Waals surface area contributed by atoms with Gasteiger partial charge in [0.25, 0.3) is 11.8 Å². The van der Waals surface area contributed by atoms with E-state index >= 15 is 0 Å². The van der Waals surface area contributed by atoms with Gasteiger partial charge in [-0.3, -0.25) is 14.5 Å². The summed E-state index contributed by atoms with van der Waals surface area (Å²) in [6.45, 7) is 6.19. The van der Waals surface area contributed by atoms with E-state index in [-0.39, 0.29) is 17.8 Å². The zero-order valence-electron chi connectivity index (χ0n) is 15.9. The second-order valence-corrected chi connectivity index (χ2v) is 6.05. The maximum absolute atomic E-state index is 13.0. The number of rotatable bonds is 8. The third kappa shape index (κ3) is 3.62. The van der Waals surface area contributed by atoms with Crippen molar-refractivity contribution < 1.29 is 19.1 Å². The van der Waals surface area contributed by atoms with Crippen LogP contribution in [-0.2, 0) is 9.59 Å². The Balaban J connectivity index is 2.09. The Morgan fingerprint density at radius 2 is 1.89 bits per heavy atom. The van der Waals surface area contributed by atoms with Crippen molar-refractivity contribution >= 4 is 23.1 Å². The van der Waals surface area contributed by atoms with Crippen LogP contribution in [0.1, 0.15) is 12.5 Å². The molecule has 28 heavy (non-hydrogen) atoms. The number of benzene rings is 2. The molecule has 1 heterocycles. The van der Waals surface area contributed by atoms with Crippen molar-refractivity contribution in [2.24, 2.45) is 0 Å². The molecule has 2 amide bonds. The van der Waals surface area contributed by atoms with E-state index in [2.05, 4.69) is 11.9 Å². The minimum Gasteiger partial charge on any atom is -0.496 e. The molecule has 0 atom stereocenters. The summed E-state index contributed by atoms with van der Waals surface area (Å²) in [5.41, 5.74) is 1.67. The SMILES string of the molecule is C=CCN1C(=O)C(Nc2cccc(OCC)c2)=C(c2ccccc2OC)C1=O. The molecular weight excluding hydrogens is 356 g/mol. The van der Waals surface area contributed by atoms with Crippen LogP contribution in [0.25, 0.3) is 5.57 Å². The average Bonchev–Trinajstić information content (AvgIpc) is 2.93. The van der Waals surface area contributed by atoms with Gasteiger partial charge in [-0.15, -0.1) is 6.58 Å². The molecule has 2 aromatic rings. The van der Waals surface area contributed by atoms with E-state index in [1.54, 1.807) is 24.3 Å². The van der Waals surface area contributed by atoms with Gasteiger partial charge in [0.05, 0.1) is 19.3 Å². The van der Waals surface area contributed by atoms with E-state index in [1.807, 2.05) is 31.2 Å². The number of hydrogen-bond acceptors (Lipinski definition) is 5. The first-order chi connectivity index (χ1) is 13.6. The number of nitrogens with zero attached hydrogens (tertiary/aromatic N) is 1. The van der Waals surface area contributed by atoms with Crippen LogP contribution in [-0.4, -0.2) is 37.0 Å². The molecule has 0 unspecified atom stereocenters. The minimum atomic E-state index is -0.410. The van der Waals surface area contributed by atoms with Gasteiger partial charge in [0.1, 0.15) is 17.2 Å². The molecular formula is C22H22N2O4. The van der Waals surface area contributed by atoms with Crippen LogP contribution >= 0.6 is 0 Å². The van der Waals surface area contributed by atoms with Crippen LogP contribution in [0.4, 0.5) is 5.69 Å². The topological polar surface area (TPSA) is 67.9 Å². The van der Waals surface area contributed by atoms with Crippen molar-refractivity contribution in [3.8, 4) is 11.5 Å². The molecule has 1 aliphatic heterocycles. The molecule has 144 valence electrons. The monoisotopic (exact) mass is 378 g/mol. The highest BCUT2D eigenvalue weighted by Crippen LogP contribution is 2.35. The van der Waals surface area contributed by atoms with Gasteiger partial charge in [-0.25, -0.2) is 0 Å². The number of nitrogens with one attached hydrogen (secondary N) is 1. The lowest BCUT2D eigenvalue weighted by atomic mass is 10.0. The van der Waals surface area contributed by atoms with Crippen molar-refractivity contribution in [3.05, 3.63) is 72.4 Å². The summed E-state index contributed by atoms with van der Waals surface area (Å²) >= 11 is 0. The molecule has 0 aromatic heterocycles. The molecule has 0 fully saturated rings. The average molecular weight is 378 g/mol. The summed E-state index contributed by atoms with van der Waals surface area (Å²) in [6, 6.07) is 14.4. The lowest BCUT2D eigenvalue weighted by Crippen LogP contribution is -2.32.